The summed E-state index contributed by atoms with van der Waals surface area (Å²) >= 11 is 0. The molecule has 0 unspecified atom stereocenters. The van der Waals surface area contributed by atoms with E-state index in [9.17, 15) is 0 Å². The Labute approximate surface area is 124 Å². The van der Waals surface area contributed by atoms with Gasteiger partial charge in [-0.2, -0.15) is 0 Å². The maximum Gasteiger partial charge on any atom is 0.138 e. The Morgan fingerprint density at radius 1 is 1.24 bits per heavy atom. The highest BCUT2D eigenvalue weighted by Crippen LogP contribution is 2.13. The molecular weight excluding hydrogens is 264 g/mol. The van der Waals surface area contributed by atoms with Crippen LogP contribution in [-0.2, 0) is 13.1 Å². The maximum absolute atomic E-state index is 5.16. The van der Waals surface area contributed by atoms with Crippen molar-refractivity contribution in [2.45, 2.75) is 33.4 Å². The predicted molar refractivity (Wildman–Crippen MR) is 82.0 cm³/mol. The van der Waals surface area contributed by atoms with Crippen LogP contribution in [0.15, 0.2) is 35.1 Å². The minimum atomic E-state index is 0.811. The number of fused-ring (bicyclic) bond motifs is 1. The predicted octanol–water partition coefficient (Wildman–Crippen LogP) is 2.82. The van der Waals surface area contributed by atoms with Crippen LogP contribution in [0.5, 0.6) is 0 Å². The van der Waals surface area contributed by atoms with Crippen LogP contribution in [0, 0.1) is 13.8 Å². The van der Waals surface area contributed by atoms with Crippen LogP contribution in [0.3, 0.4) is 0 Å². The largest absolute Gasteiger partial charge is 0.361 e. The third-order valence-corrected chi connectivity index (χ3v) is 3.76. The topological polar surface area (TPSA) is 55.9 Å². The highest BCUT2D eigenvalue weighted by molar-refractivity contribution is 5.74. The van der Waals surface area contributed by atoms with Crippen LogP contribution in [0.1, 0.15) is 23.4 Å². The van der Waals surface area contributed by atoms with E-state index in [1.54, 1.807) is 0 Å². The minimum Gasteiger partial charge on any atom is -0.361 e. The van der Waals surface area contributed by atoms with Gasteiger partial charge < -0.3 is 14.4 Å². The molecule has 1 aromatic carbocycles. The average molecular weight is 284 g/mol. The molecule has 0 saturated carbocycles. The van der Waals surface area contributed by atoms with Crippen molar-refractivity contribution in [3.05, 3.63) is 47.6 Å². The van der Waals surface area contributed by atoms with Crippen molar-refractivity contribution in [2.75, 3.05) is 6.54 Å². The van der Waals surface area contributed by atoms with Gasteiger partial charge in [0, 0.05) is 18.7 Å². The molecule has 0 fully saturated rings. The zero-order chi connectivity index (χ0) is 14.7. The van der Waals surface area contributed by atoms with Gasteiger partial charge in [0.2, 0.25) is 0 Å². The SMILES string of the molecule is Cc1noc(C)c1CNCCCn1cnc2ccccc21. The van der Waals surface area contributed by atoms with Crippen molar-refractivity contribution in [1.82, 2.24) is 20.0 Å². The lowest BCUT2D eigenvalue weighted by Crippen LogP contribution is -2.17. The molecule has 0 radical (unpaired) electrons. The summed E-state index contributed by atoms with van der Waals surface area (Å²) in [6, 6.07) is 8.22. The maximum atomic E-state index is 5.16. The van der Waals surface area contributed by atoms with Crippen molar-refractivity contribution in [3.8, 4) is 0 Å². The zero-order valence-electron chi connectivity index (χ0n) is 12.5. The molecule has 0 amide bonds. The molecule has 0 saturated heterocycles. The average Bonchev–Trinajstić information content (AvgIpc) is 3.04. The lowest BCUT2D eigenvalue weighted by atomic mass is 10.2. The van der Waals surface area contributed by atoms with Crippen LogP contribution in [0.4, 0.5) is 0 Å². The van der Waals surface area contributed by atoms with Crippen LogP contribution in [0.2, 0.25) is 0 Å². The van der Waals surface area contributed by atoms with E-state index >= 15 is 0 Å². The first-order chi connectivity index (χ1) is 10.3. The van der Waals surface area contributed by atoms with Crippen molar-refractivity contribution in [3.63, 3.8) is 0 Å². The highest BCUT2D eigenvalue weighted by Gasteiger charge is 2.07. The number of aryl methyl sites for hydroxylation is 3. The number of hydrogen-bond donors (Lipinski definition) is 1. The van der Waals surface area contributed by atoms with Gasteiger partial charge in [-0.3, -0.25) is 0 Å². The summed E-state index contributed by atoms with van der Waals surface area (Å²) in [6.07, 6.45) is 2.97. The fourth-order valence-corrected chi connectivity index (χ4v) is 2.53. The summed E-state index contributed by atoms with van der Waals surface area (Å²) < 4.78 is 7.36. The van der Waals surface area contributed by atoms with Gasteiger partial charge in [0.1, 0.15) is 5.76 Å². The number of hydrogen-bond acceptors (Lipinski definition) is 4. The van der Waals surface area contributed by atoms with Gasteiger partial charge >= 0.3 is 0 Å². The van der Waals surface area contributed by atoms with Gasteiger partial charge in [-0.05, 0) is 38.9 Å². The Hall–Kier alpha value is -2.14. The number of para-hydroxylation sites is 2. The fourth-order valence-electron chi connectivity index (χ4n) is 2.53. The minimum absolute atomic E-state index is 0.811. The highest BCUT2D eigenvalue weighted by atomic mass is 16.5. The number of benzene rings is 1. The van der Waals surface area contributed by atoms with E-state index in [1.165, 1.54) is 11.1 Å². The lowest BCUT2D eigenvalue weighted by Gasteiger charge is -2.06. The van der Waals surface area contributed by atoms with Crippen LogP contribution in [-0.4, -0.2) is 21.3 Å². The number of nitrogens with one attached hydrogen (secondary N) is 1. The summed E-state index contributed by atoms with van der Waals surface area (Å²) in [4.78, 5) is 4.40. The molecule has 110 valence electrons. The molecule has 21 heavy (non-hydrogen) atoms. The second kappa shape index (κ2) is 6.10. The summed E-state index contributed by atoms with van der Waals surface area (Å²) in [5.74, 6) is 0.903. The first kappa shape index (κ1) is 13.8. The number of rotatable bonds is 6. The molecule has 0 atom stereocenters. The number of nitrogens with zero attached hydrogens (tertiary/aromatic N) is 3. The van der Waals surface area contributed by atoms with E-state index in [4.69, 9.17) is 4.52 Å². The molecule has 0 spiro atoms. The van der Waals surface area contributed by atoms with Crippen LogP contribution in [0.25, 0.3) is 11.0 Å². The third kappa shape index (κ3) is 2.97. The van der Waals surface area contributed by atoms with E-state index in [2.05, 4.69) is 32.2 Å². The Bertz CT molecular complexity index is 709. The van der Waals surface area contributed by atoms with E-state index < -0.39 is 0 Å². The molecule has 0 bridgehead atoms. The summed E-state index contributed by atoms with van der Waals surface area (Å²) in [6.45, 7) is 6.66. The molecule has 2 aromatic heterocycles. The van der Waals surface area contributed by atoms with Crippen molar-refractivity contribution >= 4 is 11.0 Å². The van der Waals surface area contributed by atoms with Crippen molar-refractivity contribution < 1.29 is 4.52 Å². The smallest absolute Gasteiger partial charge is 0.138 e. The Morgan fingerprint density at radius 2 is 2.10 bits per heavy atom. The third-order valence-electron chi connectivity index (χ3n) is 3.76. The quantitative estimate of drug-likeness (QED) is 0.707. The van der Waals surface area contributed by atoms with Gasteiger partial charge in [-0.25, -0.2) is 4.98 Å². The van der Waals surface area contributed by atoms with E-state index in [0.29, 0.717) is 0 Å². The van der Waals surface area contributed by atoms with E-state index in [1.807, 2.05) is 32.3 Å². The Balaban J connectivity index is 1.48. The molecule has 5 nitrogen and oxygen atoms in total. The van der Waals surface area contributed by atoms with E-state index in [-0.39, 0.29) is 0 Å². The molecular formula is C16H20N4O. The lowest BCUT2D eigenvalue weighted by molar-refractivity contribution is 0.391. The molecule has 0 aliphatic rings. The standard InChI is InChI=1S/C16H20N4O/c1-12-14(13(2)21-19-12)10-17-8-5-9-20-11-18-15-6-3-4-7-16(15)20/h3-4,6-7,11,17H,5,8-10H2,1-2H3. The van der Waals surface area contributed by atoms with Crippen LogP contribution < -0.4 is 5.32 Å². The zero-order valence-corrected chi connectivity index (χ0v) is 12.5. The van der Waals surface area contributed by atoms with Crippen LogP contribution >= 0.6 is 0 Å². The fraction of sp³-hybridized carbons (Fsp3) is 0.375. The molecule has 0 aliphatic carbocycles. The van der Waals surface area contributed by atoms with Gasteiger partial charge in [-0.15, -0.1) is 0 Å². The summed E-state index contributed by atoms with van der Waals surface area (Å²) in [7, 11) is 0. The second-order valence-electron chi connectivity index (χ2n) is 5.26. The Morgan fingerprint density at radius 3 is 2.90 bits per heavy atom. The Kier molecular flexibility index (Phi) is 4.01. The molecule has 3 aromatic rings. The van der Waals surface area contributed by atoms with Gasteiger partial charge in [-0.1, -0.05) is 17.3 Å². The number of aromatic nitrogens is 3. The summed E-state index contributed by atoms with van der Waals surface area (Å²) in [5.41, 5.74) is 4.40. The molecule has 0 aliphatic heterocycles. The van der Waals surface area contributed by atoms with Crippen molar-refractivity contribution in [1.29, 1.82) is 0 Å². The first-order valence-corrected chi connectivity index (χ1v) is 7.28. The number of imidazole rings is 1. The van der Waals surface area contributed by atoms with Crippen molar-refractivity contribution in [2.24, 2.45) is 0 Å². The summed E-state index contributed by atoms with van der Waals surface area (Å²) in [5, 5.41) is 7.41. The van der Waals surface area contributed by atoms with E-state index in [0.717, 1.165) is 43.0 Å². The molecule has 1 N–H and O–H groups in total. The van der Waals surface area contributed by atoms with Gasteiger partial charge in [0.15, 0.2) is 0 Å². The molecule has 5 heteroatoms. The molecule has 3 rings (SSSR count). The van der Waals surface area contributed by atoms with Gasteiger partial charge in [0.25, 0.3) is 0 Å². The van der Waals surface area contributed by atoms with Gasteiger partial charge in [0.05, 0.1) is 23.1 Å². The molecule has 2 heterocycles. The monoisotopic (exact) mass is 284 g/mol. The second-order valence-corrected chi connectivity index (χ2v) is 5.26. The normalized spacial score (nSPS) is 11.3. The first-order valence-electron chi connectivity index (χ1n) is 7.28.